The largest absolute Gasteiger partial charge is 0.383 e. The summed E-state index contributed by atoms with van der Waals surface area (Å²) in [4.78, 5) is 29.6. The van der Waals surface area contributed by atoms with E-state index in [-0.39, 0.29) is 23.8 Å². The van der Waals surface area contributed by atoms with E-state index >= 15 is 0 Å². The lowest BCUT2D eigenvalue weighted by molar-refractivity contribution is 0.0950. The Morgan fingerprint density at radius 1 is 1.26 bits per heavy atom. The Balaban J connectivity index is 1.87. The second kappa shape index (κ2) is 8.09. The van der Waals surface area contributed by atoms with Gasteiger partial charge in [0.05, 0.1) is 28.8 Å². The van der Waals surface area contributed by atoms with Crippen LogP contribution in [0, 0.1) is 12.7 Å². The quantitative estimate of drug-likeness (QED) is 0.724. The van der Waals surface area contributed by atoms with Gasteiger partial charge in [0, 0.05) is 26.4 Å². The summed E-state index contributed by atoms with van der Waals surface area (Å²) in [6.07, 6.45) is 1.67. The number of aryl methyl sites for hydroxylation is 1. The van der Waals surface area contributed by atoms with Crippen molar-refractivity contribution in [3.8, 4) is 0 Å². The third-order valence-electron chi connectivity index (χ3n) is 4.29. The number of pyridine rings is 2. The molecule has 0 radical (unpaired) electrons. The lowest BCUT2D eigenvalue weighted by Gasteiger charge is -2.10. The van der Waals surface area contributed by atoms with E-state index in [0.29, 0.717) is 35.3 Å². The SMILES string of the molecule is COCCn1ccc2nc(C)c(C(=O)NCc3ccc(F)cc3)cc2c1=O. The van der Waals surface area contributed by atoms with Crippen LogP contribution in [0.25, 0.3) is 10.9 Å². The van der Waals surface area contributed by atoms with Crippen LogP contribution in [0.3, 0.4) is 0 Å². The molecule has 1 aromatic carbocycles. The Labute approximate surface area is 155 Å². The Morgan fingerprint density at radius 2 is 2.00 bits per heavy atom. The molecule has 1 amide bonds. The smallest absolute Gasteiger partial charge is 0.260 e. The molecule has 0 unspecified atom stereocenters. The zero-order chi connectivity index (χ0) is 19.4. The van der Waals surface area contributed by atoms with Gasteiger partial charge in [-0.15, -0.1) is 0 Å². The van der Waals surface area contributed by atoms with Crippen LogP contribution < -0.4 is 10.9 Å². The van der Waals surface area contributed by atoms with Gasteiger partial charge >= 0.3 is 0 Å². The van der Waals surface area contributed by atoms with Crippen molar-refractivity contribution < 1.29 is 13.9 Å². The van der Waals surface area contributed by atoms with Crippen LogP contribution in [0.4, 0.5) is 4.39 Å². The molecule has 3 rings (SSSR count). The van der Waals surface area contributed by atoms with Gasteiger partial charge in [0.2, 0.25) is 0 Å². The van der Waals surface area contributed by atoms with Crippen molar-refractivity contribution >= 4 is 16.8 Å². The summed E-state index contributed by atoms with van der Waals surface area (Å²) in [6.45, 7) is 2.81. The number of carbonyl (C=O) groups is 1. The van der Waals surface area contributed by atoms with E-state index in [4.69, 9.17) is 4.74 Å². The number of amides is 1. The number of nitrogens with zero attached hydrogens (tertiary/aromatic N) is 2. The Morgan fingerprint density at radius 3 is 2.70 bits per heavy atom. The standard InChI is InChI=1S/C20H20FN3O3/c1-13-16(19(25)22-12-14-3-5-15(21)6-4-14)11-17-18(23-13)7-8-24(20(17)26)9-10-27-2/h3-8,11H,9-10,12H2,1-2H3,(H,22,25). The molecule has 6 nitrogen and oxygen atoms in total. The summed E-state index contributed by atoms with van der Waals surface area (Å²) in [7, 11) is 1.57. The fraction of sp³-hybridized carbons (Fsp3) is 0.250. The van der Waals surface area contributed by atoms with E-state index in [2.05, 4.69) is 10.3 Å². The van der Waals surface area contributed by atoms with Crippen LogP contribution >= 0.6 is 0 Å². The van der Waals surface area contributed by atoms with E-state index in [1.807, 2.05) is 0 Å². The minimum absolute atomic E-state index is 0.218. The molecular formula is C20H20FN3O3. The van der Waals surface area contributed by atoms with Crippen molar-refractivity contribution in [2.75, 3.05) is 13.7 Å². The monoisotopic (exact) mass is 369 g/mol. The predicted octanol–water partition coefficient (Wildman–Crippen LogP) is 2.42. The van der Waals surface area contributed by atoms with Crippen LogP contribution in [-0.2, 0) is 17.8 Å². The second-order valence-electron chi connectivity index (χ2n) is 6.17. The van der Waals surface area contributed by atoms with Gasteiger partial charge < -0.3 is 14.6 Å². The molecule has 0 saturated heterocycles. The molecule has 2 aromatic heterocycles. The number of aromatic nitrogens is 2. The molecule has 3 aromatic rings. The van der Waals surface area contributed by atoms with Gasteiger partial charge in [-0.2, -0.15) is 0 Å². The highest BCUT2D eigenvalue weighted by Crippen LogP contribution is 2.14. The van der Waals surface area contributed by atoms with Gasteiger partial charge in [-0.05, 0) is 36.8 Å². The third-order valence-corrected chi connectivity index (χ3v) is 4.29. The number of rotatable bonds is 6. The van der Waals surface area contributed by atoms with Gasteiger partial charge in [0.25, 0.3) is 11.5 Å². The Bertz CT molecular complexity index is 1030. The number of fused-ring (bicyclic) bond motifs is 1. The lowest BCUT2D eigenvalue weighted by atomic mass is 10.1. The van der Waals surface area contributed by atoms with E-state index in [1.54, 1.807) is 44.5 Å². The van der Waals surface area contributed by atoms with Crippen molar-refractivity contribution in [2.24, 2.45) is 0 Å². The van der Waals surface area contributed by atoms with E-state index in [0.717, 1.165) is 5.56 Å². The van der Waals surface area contributed by atoms with Crippen molar-refractivity contribution in [3.63, 3.8) is 0 Å². The fourth-order valence-corrected chi connectivity index (χ4v) is 2.78. The number of halogens is 1. The molecule has 0 aliphatic heterocycles. The molecule has 1 N–H and O–H groups in total. The molecule has 0 spiro atoms. The topological polar surface area (TPSA) is 73.2 Å². The summed E-state index contributed by atoms with van der Waals surface area (Å²) >= 11 is 0. The molecule has 7 heteroatoms. The van der Waals surface area contributed by atoms with Gasteiger partial charge in [0.15, 0.2) is 0 Å². The van der Waals surface area contributed by atoms with Gasteiger partial charge in [0.1, 0.15) is 5.82 Å². The highest BCUT2D eigenvalue weighted by atomic mass is 19.1. The molecule has 2 heterocycles. The van der Waals surface area contributed by atoms with E-state index < -0.39 is 0 Å². The summed E-state index contributed by atoms with van der Waals surface area (Å²) < 4.78 is 19.5. The van der Waals surface area contributed by atoms with E-state index in [9.17, 15) is 14.0 Å². The summed E-state index contributed by atoms with van der Waals surface area (Å²) in [5.74, 6) is -0.665. The zero-order valence-corrected chi connectivity index (χ0v) is 15.2. The molecule has 0 saturated carbocycles. The molecule has 0 bridgehead atoms. The molecule has 0 atom stereocenters. The van der Waals surface area contributed by atoms with Gasteiger partial charge in [-0.1, -0.05) is 12.1 Å². The summed E-state index contributed by atoms with van der Waals surface area (Å²) in [5, 5.41) is 3.16. The third kappa shape index (κ3) is 4.20. The zero-order valence-electron chi connectivity index (χ0n) is 15.2. The minimum atomic E-state index is -0.335. The Hall–Kier alpha value is -3.06. The first-order chi connectivity index (χ1) is 13.0. The molecule has 0 aliphatic rings. The van der Waals surface area contributed by atoms with Crippen LogP contribution in [0.1, 0.15) is 21.6 Å². The Kier molecular flexibility index (Phi) is 5.61. The summed E-state index contributed by atoms with van der Waals surface area (Å²) in [6, 6.07) is 9.22. The number of ether oxygens (including phenoxy) is 1. The highest BCUT2D eigenvalue weighted by molar-refractivity contribution is 5.98. The van der Waals surface area contributed by atoms with Crippen molar-refractivity contribution in [1.82, 2.24) is 14.9 Å². The van der Waals surface area contributed by atoms with Gasteiger partial charge in [-0.25, -0.2) is 4.39 Å². The average molecular weight is 369 g/mol. The molecule has 140 valence electrons. The minimum Gasteiger partial charge on any atom is -0.383 e. The fourth-order valence-electron chi connectivity index (χ4n) is 2.78. The van der Waals surface area contributed by atoms with Crippen LogP contribution in [0.15, 0.2) is 47.4 Å². The normalized spacial score (nSPS) is 10.9. The number of nitrogens with one attached hydrogen (secondary N) is 1. The molecule has 0 aliphatic carbocycles. The lowest BCUT2D eigenvalue weighted by Crippen LogP contribution is -2.26. The average Bonchev–Trinajstić information content (AvgIpc) is 2.66. The maximum Gasteiger partial charge on any atom is 0.260 e. The number of benzene rings is 1. The number of hydrogen-bond acceptors (Lipinski definition) is 4. The first kappa shape index (κ1) is 18.7. The van der Waals surface area contributed by atoms with Crippen molar-refractivity contribution in [1.29, 1.82) is 0 Å². The first-order valence-electron chi connectivity index (χ1n) is 8.52. The van der Waals surface area contributed by atoms with Crippen molar-refractivity contribution in [2.45, 2.75) is 20.0 Å². The molecule has 27 heavy (non-hydrogen) atoms. The number of methoxy groups -OCH3 is 1. The first-order valence-corrected chi connectivity index (χ1v) is 8.52. The van der Waals surface area contributed by atoms with E-state index in [1.165, 1.54) is 16.7 Å². The number of carbonyl (C=O) groups excluding carboxylic acids is 1. The maximum absolute atomic E-state index is 13.0. The van der Waals surface area contributed by atoms with Gasteiger partial charge in [-0.3, -0.25) is 14.6 Å². The number of hydrogen-bond donors (Lipinski definition) is 1. The maximum atomic E-state index is 13.0. The highest BCUT2D eigenvalue weighted by Gasteiger charge is 2.14. The summed E-state index contributed by atoms with van der Waals surface area (Å²) in [5.41, 5.74) is 1.98. The second-order valence-corrected chi connectivity index (χ2v) is 6.17. The van der Waals surface area contributed by atoms with Crippen LogP contribution in [0.2, 0.25) is 0 Å². The van der Waals surface area contributed by atoms with Crippen molar-refractivity contribution in [3.05, 3.63) is 75.6 Å². The molecule has 0 fully saturated rings. The van der Waals surface area contributed by atoms with Crippen LogP contribution in [-0.4, -0.2) is 29.2 Å². The molecular weight excluding hydrogens is 349 g/mol. The predicted molar refractivity (Wildman–Crippen MR) is 100 cm³/mol. The van der Waals surface area contributed by atoms with Crippen LogP contribution in [0.5, 0.6) is 0 Å².